The van der Waals surface area contributed by atoms with E-state index in [4.69, 9.17) is 19.2 Å². The van der Waals surface area contributed by atoms with Gasteiger partial charge in [-0.05, 0) is 56.7 Å². The molecule has 1 aromatic heterocycles. The van der Waals surface area contributed by atoms with Crippen LogP contribution in [0.15, 0.2) is 54.6 Å². The van der Waals surface area contributed by atoms with Gasteiger partial charge >= 0.3 is 6.09 Å². The molecule has 2 N–H and O–H groups in total. The highest BCUT2D eigenvalue weighted by Gasteiger charge is 2.15. The van der Waals surface area contributed by atoms with E-state index in [1.165, 1.54) is 0 Å². The molecule has 0 aliphatic rings. The van der Waals surface area contributed by atoms with E-state index in [9.17, 15) is 4.79 Å². The van der Waals surface area contributed by atoms with E-state index in [0.29, 0.717) is 24.5 Å². The van der Waals surface area contributed by atoms with Gasteiger partial charge in [0.25, 0.3) is 0 Å². The molecule has 1 amide bonds. The molecule has 0 saturated heterocycles. The predicted molar refractivity (Wildman–Crippen MR) is 140 cm³/mol. The fourth-order valence-electron chi connectivity index (χ4n) is 4.01. The summed E-state index contributed by atoms with van der Waals surface area (Å²) in [6.45, 7) is 6.17. The number of methoxy groups -OCH3 is 2. The third-order valence-corrected chi connectivity index (χ3v) is 5.66. The SMILES string of the molecule is COc1cc2nc3ccc(C)cc3c(Nc3cccc(CCOC(=O)NC(C)C)c3)c2cc1OC. The van der Waals surface area contributed by atoms with Gasteiger partial charge in [-0.1, -0.05) is 23.8 Å². The lowest BCUT2D eigenvalue weighted by molar-refractivity contribution is 0.145. The second-order valence-electron chi connectivity index (χ2n) is 8.74. The maximum absolute atomic E-state index is 11.8. The number of aryl methyl sites for hydroxylation is 1. The lowest BCUT2D eigenvalue weighted by Crippen LogP contribution is -2.31. The number of rotatable bonds is 8. The molecule has 0 saturated carbocycles. The van der Waals surface area contributed by atoms with Crippen molar-refractivity contribution in [2.45, 2.75) is 33.2 Å². The Hall–Kier alpha value is -4.00. The minimum Gasteiger partial charge on any atom is -0.493 e. The summed E-state index contributed by atoms with van der Waals surface area (Å²) in [6, 6.07) is 18.2. The smallest absolute Gasteiger partial charge is 0.407 e. The molecule has 4 aromatic rings. The summed E-state index contributed by atoms with van der Waals surface area (Å²) in [6.07, 6.45) is 0.215. The molecule has 7 heteroatoms. The standard InChI is InChI=1S/C28H31N3O4/c1-17(2)29-28(32)35-12-11-19-7-6-8-20(14-19)30-27-21-13-18(3)9-10-23(21)31-24-16-26(34-5)25(33-4)15-22(24)27/h6-10,13-17H,11-12H2,1-5H3,(H,29,32)(H,30,31). The molecule has 0 spiro atoms. The van der Waals surface area contributed by atoms with Gasteiger partial charge in [0.1, 0.15) is 0 Å². The number of carbonyl (C=O) groups is 1. The summed E-state index contributed by atoms with van der Waals surface area (Å²) in [5.74, 6) is 1.27. The van der Waals surface area contributed by atoms with Gasteiger partial charge in [-0.2, -0.15) is 0 Å². The lowest BCUT2D eigenvalue weighted by Gasteiger charge is -2.16. The van der Waals surface area contributed by atoms with Crippen molar-refractivity contribution >= 4 is 39.3 Å². The number of carbonyl (C=O) groups excluding carboxylic acids is 1. The summed E-state index contributed by atoms with van der Waals surface area (Å²) in [5, 5.41) is 8.29. The van der Waals surface area contributed by atoms with Crippen molar-refractivity contribution in [1.29, 1.82) is 0 Å². The summed E-state index contributed by atoms with van der Waals surface area (Å²) in [7, 11) is 3.25. The van der Waals surface area contributed by atoms with Gasteiger partial charge in [0.2, 0.25) is 0 Å². The first-order valence-electron chi connectivity index (χ1n) is 11.6. The summed E-state index contributed by atoms with van der Waals surface area (Å²) < 4.78 is 16.4. The summed E-state index contributed by atoms with van der Waals surface area (Å²) in [4.78, 5) is 16.6. The normalized spacial score (nSPS) is 11.0. The molecule has 1 heterocycles. The fourth-order valence-corrected chi connectivity index (χ4v) is 4.01. The number of anilines is 2. The highest BCUT2D eigenvalue weighted by molar-refractivity contribution is 6.09. The third-order valence-electron chi connectivity index (χ3n) is 5.66. The van der Waals surface area contributed by atoms with Crippen LogP contribution in [0.5, 0.6) is 11.5 Å². The first kappa shape index (κ1) is 24.1. The molecule has 0 aliphatic carbocycles. The number of benzene rings is 3. The van der Waals surface area contributed by atoms with Crippen molar-refractivity contribution in [2.24, 2.45) is 0 Å². The largest absolute Gasteiger partial charge is 0.493 e. The maximum atomic E-state index is 11.8. The average Bonchev–Trinajstić information content (AvgIpc) is 2.83. The van der Waals surface area contributed by atoms with Crippen molar-refractivity contribution in [1.82, 2.24) is 10.3 Å². The van der Waals surface area contributed by atoms with Crippen molar-refractivity contribution in [3.63, 3.8) is 0 Å². The number of nitrogens with one attached hydrogen (secondary N) is 2. The number of ether oxygens (including phenoxy) is 3. The van der Waals surface area contributed by atoms with Crippen LogP contribution in [0.4, 0.5) is 16.2 Å². The van der Waals surface area contributed by atoms with E-state index in [1.807, 2.05) is 50.2 Å². The molecular formula is C28H31N3O4. The highest BCUT2D eigenvalue weighted by atomic mass is 16.5. The molecule has 182 valence electrons. The van der Waals surface area contributed by atoms with Crippen molar-refractivity contribution < 1.29 is 19.0 Å². The number of nitrogens with zero attached hydrogens (tertiary/aromatic N) is 1. The molecule has 7 nitrogen and oxygen atoms in total. The Labute approximate surface area is 205 Å². The van der Waals surface area contributed by atoms with Gasteiger partial charge in [-0.25, -0.2) is 9.78 Å². The second-order valence-corrected chi connectivity index (χ2v) is 8.74. The molecule has 0 fully saturated rings. The lowest BCUT2D eigenvalue weighted by atomic mass is 10.0. The van der Waals surface area contributed by atoms with E-state index in [-0.39, 0.29) is 6.04 Å². The van der Waals surface area contributed by atoms with Crippen molar-refractivity contribution in [2.75, 3.05) is 26.1 Å². The van der Waals surface area contributed by atoms with Gasteiger partial charge in [0.05, 0.1) is 37.5 Å². The molecule has 0 atom stereocenters. The molecule has 35 heavy (non-hydrogen) atoms. The second kappa shape index (κ2) is 10.5. The molecular weight excluding hydrogens is 442 g/mol. The number of hydrogen-bond donors (Lipinski definition) is 2. The fraction of sp³-hybridized carbons (Fsp3) is 0.286. The van der Waals surface area contributed by atoms with Crippen molar-refractivity contribution in [3.8, 4) is 11.5 Å². The number of hydrogen-bond acceptors (Lipinski definition) is 6. The van der Waals surface area contributed by atoms with Crippen LogP contribution in [0.1, 0.15) is 25.0 Å². The molecule has 0 radical (unpaired) electrons. The highest BCUT2D eigenvalue weighted by Crippen LogP contribution is 2.39. The molecule has 0 bridgehead atoms. The van der Waals surface area contributed by atoms with E-state index < -0.39 is 6.09 Å². The van der Waals surface area contributed by atoms with Crippen LogP contribution >= 0.6 is 0 Å². The van der Waals surface area contributed by atoms with E-state index in [0.717, 1.165) is 44.3 Å². The first-order chi connectivity index (χ1) is 16.9. The van der Waals surface area contributed by atoms with Crippen LogP contribution in [-0.4, -0.2) is 37.9 Å². The Morgan fingerprint density at radius 3 is 2.43 bits per heavy atom. The van der Waals surface area contributed by atoms with Gasteiger partial charge < -0.3 is 24.8 Å². The Balaban J connectivity index is 1.69. The van der Waals surface area contributed by atoms with Crippen LogP contribution in [0, 0.1) is 6.92 Å². The number of aromatic nitrogens is 1. The van der Waals surface area contributed by atoms with E-state index >= 15 is 0 Å². The molecule has 0 aliphatic heterocycles. The Morgan fingerprint density at radius 2 is 1.69 bits per heavy atom. The van der Waals surface area contributed by atoms with Gasteiger partial charge in [0.15, 0.2) is 11.5 Å². The number of pyridine rings is 1. The number of fused-ring (bicyclic) bond motifs is 2. The zero-order valence-electron chi connectivity index (χ0n) is 20.8. The predicted octanol–water partition coefficient (Wildman–Crippen LogP) is 6.13. The zero-order valence-corrected chi connectivity index (χ0v) is 20.8. The Bertz CT molecular complexity index is 1370. The monoisotopic (exact) mass is 473 g/mol. The Morgan fingerprint density at radius 1 is 0.943 bits per heavy atom. The summed E-state index contributed by atoms with van der Waals surface area (Å²) >= 11 is 0. The Kier molecular flexibility index (Phi) is 7.25. The van der Waals surface area contributed by atoms with E-state index in [2.05, 4.69) is 35.8 Å². The van der Waals surface area contributed by atoms with Crippen LogP contribution in [0.2, 0.25) is 0 Å². The average molecular weight is 474 g/mol. The zero-order chi connectivity index (χ0) is 24.9. The van der Waals surface area contributed by atoms with Gasteiger partial charge in [0, 0.05) is 35.0 Å². The topological polar surface area (TPSA) is 81.7 Å². The minimum atomic E-state index is -0.399. The van der Waals surface area contributed by atoms with Crippen LogP contribution in [0.3, 0.4) is 0 Å². The van der Waals surface area contributed by atoms with Crippen LogP contribution < -0.4 is 20.1 Å². The number of amides is 1. The van der Waals surface area contributed by atoms with Gasteiger partial charge in [-0.15, -0.1) is 0 Å². The van der Waals surface area contributed by atoms with E-state index in [1.54, 1.807) is 14.2 Å². The minimum absolute atomic E-state index is 0.0438. The quantitative estimate of drug-likeness (QED) is 0.299. The van der Waals surface area contributed by atoms with Gasteiger partial charge in [-0.3, -0.25) is 0 Å². The molecule has 3 aromatic carbocycles. The molecule has 4 rings (SSSR count). The van der Waals surface area contributed by atoms with Crippen LogP contribution in [0.25, 0.3) is 21.8 Å². The first-order valence-corrected chi connectivity index (χ1v) is 11.6. The number of alkyl carbamates (subject to hydrolysis) is 1. The maximum Gasteiger partial charge on any atom is 0.407 e. The summed E-state index contributed by atoms with van der Waals surface area (Å²) in [5.41, 5.74) is 5.78. The van der Waals surface area contributed by atoms with Crippen LogP contribution in [-0.2, 0) is 11.2 Å². The van der Waals surface area contributed by atoms with Crippen molar-refractivity contribution in [3.05, 3.63) is 65.7 Å². The third kappa shape index (κ3) is 5.57. The molecule has 0 unspecified atom stereocenters.